The van der Waals surface area contributed by atoms with Crippen LogP contribution in [0.5, 0.6) is 0 Å². The van der Waals surface area contributed by atoms with Crippen LogP contribution in [0.3, 0.4) is 0 Å². The van der Waals surface area contributed by atoms with Crippen molar-refractivity contribution in [3.8, 4) is 0 Å². The molecule has 2 aliphatic heterocycles. The van der Waals surface area contributed by atoms with E-state index in [-0.39, 0.29) is 11.9 Å². The minimum absolute atomic E-state index is 0.0685. The van der Waals surface area contributed by atoms with Gasteiger partial charge in [0.15, 0.2) is 0 Å². The molecule has 0 radical (unpaired) electrons. The molecule has 2 aromatic heterocycles. The smallest absolute Gasteiger partial charge is 0.274 e. The van der Waals surface area contributed by atoms with E-state index in [1.165, 1.54) is 6.20 Å². The summed E-state index contributed by atoms with van der Waals surface area (Å²) in [7, 11) is 0. The molecule has 8 nitrogen and oxygen atoms in total. The molecule has 8 heteroatoms. The quantitative estimate of drug-likeness (QED) is 0.805. The zero-order valence-electron chi connectivity index (χ0n) is 14.1. The van der Waals surface area contributed by atoms with Gasteiger partial charge in [0.25, 0.3) is 5.91 Å². The summed E-state index contributed by atoms with van der Waals surface area (Å²) in [6.45, 7) is 5.55. The summed E-state index contributed by atoms with van der Waals surface area (Å²) >= 11 is 0. The van der Waals surface area contributed by atoms with E-state index in [0.29, 0.717) is 12.2 Å². The lowest BCUT2D eigenvalue weighted by Gasteiger charge is -2.35. The molecule has 2 aromatic rings. The van der Waals surface area contributed by atoms with Gasteiger partial charge in [0.05, 0.1) is 31.6 Å². The van der Waals surface area contributed by atoms with Crippen LogP contribution in [0.1, 0.15) is 22.6 Å². The Balaban J connectivity index is 1.58. The first-order valence-electron chi connectivity index (χ1n) is 8.69. The second-order valence-electron chi connectivity index (χ2n) is 6.42. The van der Waals surface area contributed by atoms with Gasteiger partial charge >= 0.3 is 0 Å². The van der Waals surface area contributed by atoms with Crippen LogP contribution in [-0.2, 0) is 17.8 Å². The van der Waals surface area contributed by atoms with Crippen molar-refractivity contribution in [1.82, 2.24) is 29.5 Å². The molecule has 1 amide bonds. The Morgan fingerprint density at radius 3 is 2.88 bits per heavy atom. The summed E-state index contributed by atoms with van der Waals surface area (Å²) in [5.74, 6) is -0.0685. The maximum Gasteiger partial charge on any atom is 0.274 e. The molecule has 0 aromatic carbocycles. The lowest BCUT2D eigenvalue weighted by atomic mass is 10.1. The van der Waals surface area contributed by atoms with Crippen LogP contribution in [0, 0.1) is 0 Å². The summed E-state index contributed by atoms with van der Waals surface area (Å²) < 4.78 is 7.44. The highest BCUT2D eigenvalue weighted by molar-refractivity contribution is 5.92. The van der Waals surface area contributed by atoms with Gasteiger partial charge in [-0.2, -0.15) is 5.10 Å². The molecule has 0 bridgehead atoms. The Morgan fingerprint density at radius 2 is 2.08 bits per heavy atom. The van der Waals surface area contributed by atoms with Crippen molar-refractivity contribution in [2.45, 2.75) is 25.6 Å². The van der Waals surface area contributed by atoms with Crippen LogP contribution in [0.4, 0.5) is 0 Å². The van der Waals surface area contributed by atoms with Gasteiger partial charge in [-0.1, -0.05) is 0 Å². The van der Waals surface area contributed by atoms with E-state index >= 15 is 0 Å². The summed E-state index contributed by atoms with van der Waals surface area (Å²) in [6.07, 6.45) is 7.35. The van der Waals surface area contributed by atoms with Crippen molar-refractivity contribution < 1.29 is 9.53 Å². The number of carbonyl (C=O) groups is 1. The molecule has 2 aliphatic rings. The molecule has 25 heavy (non-hydrogen) atoms. The fourth-order valence-electron chi connectivity index (χ4n) is 3.49. The van der Waals surface area contributed by atoms with Gasteiger partial charge in [0.2, 0.25) is 0 Å². The number of morpholine rings is 1. The summed E-state index contributed by atoms with van der Waals surface area (Å²) in [4.78, 5) is 25.6. The Labute approximate surface area is 146 Å². The molecule has 0 spiro atoms. The normalized spacial score (nSPS) is 21.6. The fraction of sp³-hybridized carbons (Fsp3) is 0.529. The first kappa shape index (κ1) is 16.2. The summed E-state index contributed by atoms with van der Waals surface area (Å²) in [6, 6.07) is 2.10. The highest BCUT2D eigenvalue weighted by atomic mass is 16.5. The third-order valence-corrected chi connectivity index (χ3v) is 4.87. The molecular formula is C17H22N6O2. The van der Waals surface area contributed by atoms with Crippen LogP contribution in [0.2, 0.25) is 0 Å². The molecule has 4 heterocycles. The Bertz CT molecular complexity index is 713. The molecule has 4 rings (SSSR count). The van der Waals surface area contributed by atoms with E-state index in [1.807, 2.05) is 15.6 Å². The Morgan fingerprint density at radius 1 is 1.20 bits per heavy atom. The van der Waals surface area contributed by atoms with E-state index in [1.54, 1.807) is 18.6 Å². The van der Waals surface area contributed by atoms with E-state index in [4.69, 9.17) is 4.74 Å². The zero-order valence-corrected chi connectivity index (χ0v) is 14.1. The van der Waals surface area contributed by atoms with Gasteiger partial charge in [0, 0.05) is 50.8 Å². The molecule has 0 saturated carbocycles. The molecule has 0 N–H and O–H groups in total. The van der Waals surface area contributed by atoms with Gasteiger partial charge in [-0.3, -0.25) is 19.4 Å². The maximum absolute atomic E-state index is 13.1. The molecular weight excluding hydrogens is 320 g/mol. The van der Waals surface area contributed by atoms with Crippen molar-refractivity contribution in [2.75, 3.05) is 32.8 Å². The monoisotopic (exact) mass is 342 g/mol. The first-order valence-corrected chi connectivity index (χ1v) is 8.69. The van der Waals surface area contributed by atoms with E-state index < -0.39 is 0 Å². The standard InChI is InChI=1S/C17H22N6O2/c24-17(16-11-18-4-5-19-16)22-13-15-1-3-20-23(15)6-2-14(22)12-21-7-9-25-10-8-21/h1,3-5,11,14H,2,6-10,12-13H2/t14-/m1/s1. The van der Waals surface area contributed by atoms with E-state index in [0.717, 1.165) is 51.5 Å². The predicted octanol–water partition coefficient (Wildman–Crippen LogP) is 0.420. The number of hydrogen-bond donors (Lipinski definition) is 0. The number of fused-ring (bicyclic) bond motifs is 1. The highest BCUT2D eigenvalue weighted by Crippen LogP contribution is 2.20. The van der Waals surface area contributed by atoms with Crippen LogP contribution in [-0.4, -0.2) is 74.3 Å². The van der Waals surface area contributed by atoms with Crippen LogP contribution in [0.25, 0.3) is 0 Å². The number of rotatable bonds is 3. The topological polar surface area (TPSA) is 76.4 Å². The van der Waals surface area contributed by atoms with Gasteiger partial charge in [0.1, 0.15) is 5.69 Å². The van der Waals surface area contributed by atoms with Crippen molar-refractivity contribution in [1.29, 1.82) is 0 Å². The maximum atomic E-state index is 13.1. The summed E-state index contributed by atoms with van der Waals surface area (Å²) in [5.41, 5.74) is 1.45. The molecule has 1 saturated heterocycles. The third-order valence-electron chi connectivity index (χ3n) is 4.87. The lowest BCUT2D eigenvalue weighted by Crippen LogP contribution is -2.49. The highest BCUT2D eigenvalue weighted by Gasteiger charge is 2.31. The molecule has 1 fully saturated rings. The van der Waals surface area contributed by atoms with Crippen LogP contribution >= 0.6 is 0 Å². The van der Waals surface area contributed by atoms with Crippen molar-refractivity contribution >= 4 is 5.91 Å². The average molecular weight is 342 g/mol. The van der Waals surface area contributed by atoms with Gasteiger partial charge in [-0.25, -0.2) is 4.98 Å². The minimum atomic E-state index is -0.0685. The second-order valence-corrected chi connectivity index (χ2v) is 6.42. The summed E-state index contributed by atoms with van der Waals surface area (Å²) in [5, 5.41) is 4.38. The number of nitrogens with zero attached hydrogens (tertiary/aromatic N) is 6. The predicted molar refractivity (Wildman–Crippen MR) is 89.8 cm³/mol. The molecule has 1 atom stereocenters. The number of carbonyl (C=O) groups excluding carboxylic acids is 1. The molecule has 0 unspecified atom stereocenters. The average Bonchev–Trinajstić information content (AvgIpc) is 3.04. The molecule has 0 aliphatic carbocycles. The largest absolute Gasteiger partial charge is 0.379 e. The molecule has 132 valence electrons. The minimum Gasteiger partial charge on any atom is -0.379 e. The van der Waals surface area contributed by atoms with E-state index in [9.17, 15) is 4.79 Å². The zero-order chi connectivity index (χ0) is 17.1. The lowest BCUT2D eigenvalue weighted by molar-refractivity contribution is 0.0201. The van der Waals surface area contributed by atoms with Crippen LogP contribution < -0.4 is 0 Å². The van der Waals surface area contributed by atoms with Crippen molar-refractivity contribution in [3.63, 3.8) is 0 Å². The first-order chi connectivity index (χ1) is 12.3. The number of ether oxygens (including phenoxy) is 1. The Kier molecular flexibility index (Phi) is 4.71. The number of aryl methyl sites for hydroxylation is 1. The van der Waals surface area contributed by atoms with Crippen LogP contribution in [0.15, 0.2) is 30.9 Å². The Hall–Kier alpha value is -2.32. The SMILES string of the molecule is O=C(c1cnccn1)N1Cc2ccnn2CC[C@@H]1CN1CCOCC1. The number of aromatic nitrogens is 4. The van der Waals surface area contributed by atoms with Gasteiger partial charge < -0.3 is 9.64 Å². The van der Waals surface area contributed by atoms with Gasteiger partial charge in [-0.05, 0) is 12.5 Å². The second kappa shape index (κ2) is 7.28. The number of amides is 1. The van der Waals surface area contributed by atoms with Crippen molar-refractivity contribution in [2.24, 2.45) is 0 Å². The number of hydrogen-bond acceptors (Lipinski definition) is 6. The fourth-order valence-corrected chi connectivity index (χ4v) is 3.49. The van der Waals surface area contributed by atoms with Gasteiger partial charge in [-0.15, -0.1) is 0 Å². The third kappa shape index (κ3) is 3.54. The van der Waals surface area contributed by atoms with E-state index in [2.05, 4.69) is 20.0 Å². The van der Waals surface area contributed by atoms with Crippen molar-refractivity contribution in [3.05, 3.63) is 42.2 Å².